The number of nitrogens with two attached hydrogens (primary N) is 1. The van der Waals surface area contributed by atoms with Crippen molar-refractivity contribution in [1.29, 1.82) is 0 Å². The lowest BCUT2D eigenvalue weighted by Crippen LogP contribution is -2.34. The number of halogens is 1. The maximum Gasteiger partial charge on any atom is 0.265 e. The van der Waals surface area contributed by atoms with Gasteiger partial charge in [-0.2, -0.15) is 0 Å². The van der Waals surface area contributed by atoms with E-state index in [0.29, 0.717) is 22.5 Å². The predicted octanol–water partition coefficient (Wildman–Crippen LogP) is 3.74. The van der Waals surface area contributed by atoms with Crippen LogP contribution in [-0.2, 0) is 0 Å². The number of rotatable bonds is 2. The number of carbonyl (C=O) groups is 1. The summed E-state index contributed by atoms with van der Waals surface area (Å²) in [6.45, 7) is 6.84. The van der Waals surface area contributed by atoms with Crippen molar-refractivity contribution >= 4 is 33.0 Å². The van der Waals surface area contributed by atoms with Crippen LogP contribution in [0.4, 0.5) is 10.1 Å². The number of nitrogen functional groups attached to an aromatic ring is 1. The summed E-state index contributed by atoms with van der Waals surface area (Å²) in [6.07, 6.45) is 0. The third-order valence-electron chi connectivity index (χ3n) is 2.94. The molecule has 0 aliphatic heterocycles. The van der Waals surface area contributed by atoms with Crippen LogP contribution in [0.3, 0.4) is 0 Å². The molecule has 1 amide bonds. The minimum atomic E-state index is -0.343. The molecule has 1 heterocycles. The van der Waals surface area contributed by atoms with Crippen LogP contribution < -0.4 is 5.73 Å². The molecule has 20 heavy (non-hydrogen) atoms. The smallest absolute Gasteiger partial charge is 0.265 e. The Morgan fingerprint density at radius 1 is 1.40 bits per heavy atom. The molecule has 0 spiro atoms. The molecule has 1 aromatic heterocycles. The first-order valence-corrected chi connectivity index (χ1v) is 7.24. The fourth-order valence-electron chi connectivity index (χ4n) is 2.20. The van der Waals surface area contributed by atoms with Crippen molar-refractivity contribution in [3.8, 4) is 0 Å². The molecule has 0 atom stereocenters. The van der Waals surface area contributed by atoms with Gasteiger partial charge in [-0.1, -0.05) is 20.8 Å². The van der Waals surface area contributed by atoms with Crippen LogP contribution in [0.2, 0.25) is 0 Å². The van der Waals surface area contributed by atoms with Gasteiger partial charge < -0.3 is 10.6 Å². The van der Waals surface area contributed by atoms with E-state index in [2.05, 4.69) is 20.8 Å². The molecule has 0 saturated heterocycles. The second kappa shape index (κ2) is 5.05. The molecule has 0 bridgehead atoms. The Morgan fingerprint density at radius 3 is 2.65 bits per heavy atom. The average molecular weight is 294 g/mol. The van der Waals surface area contributed by atoms with Crippen LogP contribution in [0.1, 0.15) is 30.4 Å². The highest BCUT2D eigenvalue weighted by Crippen LogP contribution is 2.35. The van der Waals surface area contributed by atoms with E-state index in [9.17, 15) is 9.18 Å². The third kappa shape index (κ3) is 2.93. The zero-order valence-electron chi connectivity index (χ0n) is 12.2. The van der Waals surface area contributed by atoms with Crippen molar-refractivity contribution in [2.75, 3.05) is 19.3 Å². The highest BCUT2D eigenvalue weighted by molar-refractivity contribution is 7.21. The quantitative estimate of drug-likeness (QED) is 0.917. The van der Waals surface area contributed by atoms with Crippen molar-refractivity contribution in [2.45, 2.75) is 20.8 Å². The Bertz CT molecular complexity index is 658. The lowest BCUT2D eigenvalue weighted by Gasteiger charge is -2.26. The molecule has 2 aromatic rings. The Hall–Kier alpha value is -1.62. The minimum Gasteiger partial charge on any atom is -0.397 e. The summed E-state index contributed by atoms with van der Waals surface area (Å²) in [4.78, 5) is 14.6. The molecule has 5 heteroatoms. The van der Waals surface area contributed by atoms with Crippen molar-refractivity contribution in [1.82, 2.24) is 4.90 Å². The zero-order chi connectivity index (χ0) is 15.1. The van der Waals surface area contributed by atoms with E-state index >= 15 is 0 Å². The standard InChI is InChI=1S/C15H19FN2OS/c1-15(2,3)8-18(4)14(19)13-12(17)10-7-9(16)5-6-11(10)20-13/h5-7H,8,17H2,1-4H3. The summed E-state index contributed by atoms with van der Waals surface area (Å²) in [7, 11) is 1.76. The van der Waals surface area contributed by atoms with Crippen molar-refractivity contribution < 1.29 is 9.18 Å². The third-order valence-corrected chi connectivity index (χ3v) is 4.12. The number of fused-ring (bicyclic) bond motifs is 1. The fraction of sp³-hybridized carbons (Fsp3) is 0.400. The van der Waals surface area contributed by atoms with Gasteiger partial charge in [-0.3, -0.25) is 4.79 Å². The van der Waals surface area contributed by atoms with E-state index in [1.54, 1.807) is 18.0 Å². The molecule has 0 aliphatic rings. The van der Waals surface area contributed by atoms with E-state index in [1.165, 1.54) is 23.5 Å². The summed E-state index contributed by atoms with van der Waals surface area (Å²) < 4.78 is 14.1. The van der Waals surface area contributed by atoms with Gasteiger partial charge in [0.15, 0.2) is 0 Å². The largest absolute Gasteiger partial charge is 0.397 e. The zero-order valence-corrected chi connectivity index (χ0v) is 13.0. The van der Waals surface area contributed by atoms with Crippen LogP contribution in [0.5, 0.6) is 0 Å². The Morgan fingerprint density at radius 2 is 2.05 bits per heavy atom. The van der Waals surface area contributed by atoms with Gasteiger partial charge in [-0.15, -0.1) is 11.3 Å². The Labute approximate surface area is 122 Å². The topological polar surface area (TPSA) is 46.3 Å². The monoisotopic (exact) mass is 294 g/mol. The normalized spacial score (nSPS) is 11.8. The van der Waals surface area contributed by atoms with Crippen LogP contribution in [0, 0.1) is 11.2 Å². The second-order valence-corrected chi connectivity index (χ2v) is 7.26. The van der Waals surface area contributed by atoms with Gasteiger partial charge in [0.05, 0.1) is 5.69 Å². The highest BCUT2D eigenvalue weighted by atomic mass is 32.1. The number of hydrogen-bond acceptors (Lipinski definition) is 3. The van der Waals surface area contributed by atoms with Crippen molar-refractivity contribution in [3.05, 3.63) is 28.9 Å². The van der Waals surface area contributed by atoms with E-state index in [4.69, 9.17) is 5.73 Å². The fourth-order valence-corrected chi connectivity index (χ4v) is 3.30. The summed E-state index contributed by atoms with van der Waals surface area (Å²) >= 11 is 1.31. The number of benzene rings is 1. The predicted molar refractivity (Wildman–Crippen MR) is 82.6 cm³/mol. The minimum absolute atomic E-state index is 0.0158. The van der Waals surface area contributed by atoms with Crippen LogP contribution in [0.25, 0.3) is 10.1 Å². The molecule has 1 aromatic carbocycles. The molecule has 0 fully saturated rings. The highest BCUT2D eigenvalue weighted by Gasteiger charge is 2.23. The SMILES string of the molecule is CN(CC(C)(C)C)C(=O)c1sc2ccc(F)cc2c1N. The van der Waals surface area contributed by atoms with Crippen molar-refractivity contribution in [2.24, 2.45) is 5.41 Å². The van der Waals surface area contributed by atoms with E-state index in [-0.39, 0.29) is 17.1 Å². The van der Waals surface area contributed by atoms with Crippen LogP contribution >= 0.6 is 11.3 Å². The number of carbonyl (C=O) groups excluding carboxylic acids is 1. The van der Waals surface area contributed by atoms with E-state index < -0.39 is 0 Å². The van der Waals surface area contributed by atoms with Gasteiger partial charge in [0.1, 0.15) is 10.7 Å². The molecule has 108 valence electrons. The molecule has 2 N–H and O–H groups in total. The Balaban J connectivity index is 2.38. The number of thiophene rings is 1. The summed E-state index contributed by atoms with van der Waals surface area (Å²) in [5.41, 5.74) is 6.39. The lowest BCUT2D eigenvalue weighted by molar-refractivity contribution is 0.0751. The molecule has 0 saturated carbocycles. The maximum atomic E-state index is 13.3. The van der Waals surface area contributed by atoms with Crippen molar-refractivity contribution in [3.63, 3.8) is 0 Å². The molecule has 2 rings (SSSR count). The molecule has 3 nitrogen and oxygen atoms in total. The first-order valence-electron chi connectivity index (χ1n) is 6.42. The molecule has 0 aliphatic carbocycles. The molecule has 0 unspecified atom stereocenters. The van der Waals surface area contributed by atoms with Gasteiger partial charge in [0, 0.05) is 23.7 Å². The number of anilines is 1. The van der Waals surface area contributed by atoms with Gasteiger partial charge in [0.2, 0.25) is 0 Å². The number of hydrogen-bond donors (Lipinski definition) is 1. The van der Waals surface area contributed by atoms with Gasteiger partial charge >= 0.3 is 0 Å². The first kappa shape index (κ1) is 14.8. The van der Waals surface area contributed by atoms with E-state index in [1.807, 2.05) is 0 Å². The summed E-state index contributed by atoms with van der Waals surface area (Å²) in [5, 5.41) is 0.613. The number of nitrogens with zero attached hydrogens (tertiary/aromatic N) is 1. The van der Waals surface area contributed by atoms with Crippen LogP contribution in [-0.4, -0.2) is 24.4 Å². The van der Waals surface area contributed by atoms with Gasteiger partial charge in [-0.05, 0) is 23.6 Å². The first-order chi connectivity index (χ1) is 9.19. The van der Waals surface area contributed by atoms with Gasteiger partial charge in [-0.25, -0.2) is 4.39 Å². The maximum absolute atomic E-state index is 13.3. The average Bonchev–Trinajstić information content (AvgIpc) is 2.64. The molecular weight excluding hydrogens is 275 g/mol. The second-order valence-electron chi connectivity index (χ2n) is 6.21. The molecular formula is C15H19FN2OS. The van der Waals surface area contributed by atoms with Gasteiger partial charge in [0.25, 0.3) is 5.91 Å². The van der Waals surface area contributed by atoms with Crippen LogP contribution in [0.15, 0.2) is 18.2 Å². The number of amides is 1. The lowest BCUT2D eigenvalue weighted by atomic mass is 9.96. The Kier molecular flexibility index (Phi) is 3.73. The molecule has 0 radical (unpaired) electrons. The summed E-state index contributed by atoms with van der Waals surface area (Å²) in [6, 6.07) is 4.42. The summed E-state index contributed by atoms with van der Waals surface area (Å²) in [5.74, 6) is -0.455. The van der Waals surface area contributed by atoms with E-state index in [0.717, 1.165) is 4.70 Å².